The number of hydrogen-bond donors (Lipinski definition) is 0. The Hall–Kier alpha value is -1.37. The fourth-order valence-electron chi connectivity index (χ4n) is 2.83. The topological polar surface area (TPSA) is 44.8 Å². The highest BCUT2D eigenvalue weighted by Gasteiger charge is 2.52. The van der Waals surface area contributed by atoms with E-state index >= 15 is 0 Å². The van der Waals surface area contributed by atoms with Crippen LogP contribution in [0.2, 0.25) is 0 Å². The van der Waals surface area contributed by atoms with Gasteiger partial charge in [-0.25, -0.2) is 0 Å². The summed E-state index contributed by atoms with van der Waals surface area (Å²) in [5, 5.41) is 0. The molecule has 0 fully saturated rings. The van der Waals surface area contributed by atoms with E-state index in [1.807, 2.05) is 44.2 Å². The SMILES string of the molecule is COC1Oc2c(ccc(OC(C)C)c2Br)C(=O)C1(Br)c1ccccc1. The number of benzene rings is 2. The third-order valence-corrected chi connectivity index (χ3v) is 5.90. The van der Waals surface area contributed by atoms with Crippen molar-refractivity contribution in [3.05, 3.63) is 58.1 Å². The molecular formula is C19H18Br2O4. The molecule has 0 saturated carbocycles. The van der Waals surface area contributed by atoms with Crippen molar-refractivity contribution in [2.24, 2.45) is 0 Å². The monoisotopic (exact) mass is 468 g/mol. The Kier molecular flexibility index (Phi) is 5.23. The van der Waals surface area contributed by atoms with E-state index in [9.17, 15) is 4.79 Å². The molecule has 0 spiro atoms. The van der Waals surface area contributed by atoms with E-state index in [0.717, 1.165) is 5.56 Å². The van der Waals surface area contributed by atoms with Crippen molar-refractivity contribution >= 4 is 37.6 Å². The zero-order valence-electron chi connectivity index (χ0n) is 14.1. The lowest BCUT2D eigenvalue weighted by Crippen LogP contribution is -2.49. The molecule has 0 bridgehead atoms. The van der Waals surface area contributed by atoms with Crippen LogP contribution >= 0.6 is 31.9 Å². The number of halogens is 2. The molecule has 132 valence electrons. The highest BCUT2D eigenvalue weighted by molar-refractivity contribution is 9.10. The number of Topliss-reactive ketones (excluding diaryl/α,β-unsaturated/α-hetero) is 1. The first-order valence-electron chi connectivity index (χ1n) is 7.87. The molecule has 0 aliphatic carbocycles. The molecular weight excluding hydrogens is 452 g/mol. The van der Waals surface area contributed by atoms with Gasteiger partial charge in [-0.2, -0.15) is 0 Å². The second-order valence-corrected chi connectivity index (χ2v) is 8.06. The molecule has 1 aliphatic rings. The van der Waals surface area contributed by atoms with Gasteiger partial charge in [0, 0.05) is 7.11 Å². The molecule has 2 aromatic carbocycles. The first kappa shape index (κ1) is 18.4. The number of carbonyl (C=O) groups excluding carboxylic acids is 1. The van der Waals surface area contributed by atoms with Crippen LogP contribution in [0.4, 0.5) is 0 Å². The third-order valence-electron chi connectivity index (χ3n) is 3.96. The molecule has 4 nitrogen and oxygen atoms in total. The van der Waals surface area contributed by atoms with Crippen molar-refractivity contribution < 1.29 is 19.0 Å². The summed E-state index contributed by atoms with van der Waals surface area (Å²) < 4.78 is 16.8. The van der Waals surface area contributed by atoms with Crippen molar-refractivity contribution in [2.45, 2.75) is 30.6 Å². The molecule has 0 N–H and O–H groups in total. The minimum atomic E-state index is -1.12. The highest BCUT2D eigenvalue weighted by atomic mass is 79.9. The summed E-state index contributed by atoms with van der Waals surface area (Å²) in [5.41, 5.74) is 1.24. The number of fused-ring (bicyclic) bond motifs is 1. The van der Waals surface area contributed by atoms with Gasteiger partial charge in [0.15, 0.2) is 15.9 Å². The molecule has 2 unspecified atom stereocenters. The summed E-state index contributed by atoms with van der Waals surface area (Å²) in [4.78, 5) is 13.3. The lowest BCUT2D eigenvalue weighted by atomic mass is 9.87. The standard InChI is InChI=1S/C19H18Br2O4/c1-11(2)24-14-10-9-13-16(15(14)20)25-18(23-3)19(21,17(13)22)12-7-5-4-6-8-12/h4-11,18H,1-3H3. The fraction of sp³-hybridized carbons (Fsp3) is 0.316. The van der Waals surface area contributed by atoms with Gasteiger partial charge in [0.2, 0.25) is 6.29 Å². The summed E-state index contributed by atoms with van der Waals surface area (Å²) in [6.07, 6.45) is -0.813. The summed E-state index contributed by atoms with van der Waals surface area (Å²) >= 11 is 7.10. The molecule has 2 atom stereocenters. The maximum atomic E-state index is 13.3. The smallest absolute Gasteiger partial charge is 0.226 e. The van der Waals surface area contributed by atoms with E-state index in [0.29, 0.717) is 21.5 Å². The minimum Gasteiger partial charge on any atom is -0.490 e. The van der Waals surface area contributed by atoms with Crippen LogP contribution in [0, 0.1) is 0 Å². The van der Waals surface area contributed by atoms with Gasteiger partial charge >= 0.3 is 0 Å². The van der Waals surface area contributed by atoms with Gasteiger partial charge in [-0.05, 0) is 47.5 Å². The van der Waals surface area contributed by atoms with Crippen LogP contribution in [0.15, 0.2) is 46.9 Å². The fourth-order valence-corrected chi connectivity index (χ4v) is 4.12. The number of carbonyl (C=O) groups is 1. The van der Waals surface area contributed by atoms with E-state index in [-0.39, 0.29) is 11.9 Å². The Morgan fingerprint density at radius 3 is 2.44 bits per heavy atom. The Morgan fingerprint density at radius 2 is 1.84 bits per heavy atom. The molecule has 0 amide bonds. The van der Waals surface area contributed by atoms with Crippen LogP contribution < -0.4 is 9.47 Å². The number of ether oxygens (including phenoxy) is 3. The molecule has 6 heteroatoms. The van der Waals surface area contributed by atoms with Crippen LogP contribution in [-0.2, 0) is 9.06 Å². The van der Waals surface area contributed by atoms with Gasteiger partial charge in [-0.3, -0.25) is 4.79 Å². The molecule has 0 radical (unpaired) electrons. The van der Waals surface area contributed by atoms with Crippen molar-refractivity contribution in [3.8, 4) is 11.5 Å². The first-order chi connectivity index (χ1) is 11.9. The maximum absolute atomic E-state index is 13.3. The van der Waals surface area contributed by atoms with Crippen molar-refractivity contribution in [2.75, 3.05) is 7.11 Å². The number of alkyl halides is 1. The molecule has 3 rings (SSSR count). The van der Waals surface area contributed by atoms with Gasteiger partial charge in [-0.1, -0.05) is 46.3 Å². The zero-order valence-corrected chi connectivity index (χ0v) is 17.3. The number of methoxy groups -OCH3 is 1. The van der Waals surface area contributed by atoms with E-state index in [1.165, 1.54) is 7.11 Å². The zero-order chi connectivity index (χ0) is 18.2. The van der Waals surface area contributed by atoms with Crippen molar-refractivity contribution in [1.29, 1.82) is 0 Å². The van der Waals surface area contributed by atoms with Gasteiger partial charge in [-0.15, -0.1) is 0 Å². The average Bonchev–Trinajstić information content (AvgIpc) is 2.61. The lowest BCUT2D eigenvalue weighted by Gasteiger charge is -2.38. The normalized spacial score (nSPS) is 22.5. The second kappa shape index (κ2) is 7.09. The maximum Gasteiger partial charge on any atom is 0.226 e. The summed E-state index contributed by atoms with van der Waals surface area (Å²) in [5.74, 6) is 0.933. The van der Waals surface area contributed by atoms with Gasteiger partial charge in [0.05, 0.1) is 11.7 Å². The molecule has 2 aromatic rings. The molecule has 1 heterocycles. The van der Waals surface area contributed by atoms with Crippen molar-refractivity contribution in [3.63, 3.8) is 0 Å². The summed E-state index contributed by atoms with van der Waals surface area (Å²) in [6.45, 7) is 3.88. The lowest BCUT2D eigenvalue weighted by molar-refractivity contribution is -0.0775. The van der Waals surface area contributed by atoms with Gasteiger partial charge in [0.1, 0.15) is 10.2 Å². The van der Waals surface area contributed by atoms with E-state index in [1.54, 1.807) is 12.1 Å². The van der Waals surface area contributed by atoms with Crippen LogP contribution in [0.25, 0.3) is 0 Å². The number of ketones is 1. The van der Waals surface area contributed by atoms with Crippen LogP contribution in [0.1, 0.15) is 29.8 Å². The summed E-state index contributed by atoms with van der Waals surface area (Å²) in [6, 6.07) is 12.9. The minimum absolute atomic E-state index is 0.00597. The predicted octanol–water partition coefficient (Wildman–Crippen LogP) is 5.07. The Bertz CT molecular complexity index is 792. The van der Waals surface area contributed by atoms with E-state index < -0.39 is 10.6 Å². The quantitative estimate of drug-likeness (QED) is 0.586. The summed E-state index contributed by atoms with van der Waals surface area (Å²) in [7, 11) is 1.52. The molecule has 1 aliphatic heterocycles. The molecule has 25 heavy (non-hydrogen) atoms. The van der Waals surface area contributed by atoms with Gasteiger partial charge < -0.3 is 14.2 Å². The van der Waals surface area contributed by atoms with E-state index in [2.05, 4.69) is 31.9 Å². The largest absolute Gasteiger partial charge is 0.490 e. The van der Waals surface area contributed by atoms with Gasteiger partial charge in [0.25, 0.3) is 0 Å². The third kappa shape index (κ3) is 3.11. The first-order valence-corrected chi connectivity index (χ1v) is 9.46. The van der Waals surface area contributed by atoms with E-state index in [4.69, 9.17) is 14.2 Å². The average molecular weight is 470 g/mol. The predicted molar refractivity (Wildman–Crippen MR) is 103 cm³/mol. The Morgan fingerprint density at radius 1 is 1.16 bits per heavy atom. The number of hydrogen-bond acceptors (Lipinski definition) is 4. The molecule has 0 aromatic heterocycles. The van der Waals surface area contributed by atoms with Crippen LogP contribution in [0.5, 0.6) is 11.5 Å². The Balaban J connectivity index is 2.12. The van der Waals surface area contributed by atoms with Crippen LogP contribution in [-0.4, -0.2) is 25.3 Å². The second-order valence-electron chi connectivity index (χ2n) is 6.01. The highest BCUT2D eigenvalue weighted by Crippen LogP contribution is 2.50. The Labute approximate surface area is 163 Å². The molecule has 0 saturated heterocycles. The van der Waals surface area contributed by atoms with Crippen LogP contribution in [0.3, 0.4) is 0 Å². The number of rotatable bonds is 4. The van der Waals surface area contributed by atoms with Crippen molar-refractivity contribution in [1.82, 2.24) is 0 Å².